The lowest BCUT2D eigenvalue weighted by atomic mass is 10.00. The van der Waals surface area contributed by atoms with Crippen LogP contribution in [0, 0.1) is 15.9 Å². The fraction of sp³-hybridized carbons (Fsp3) is 0.600. The summed E-state index contributed by atoms with van der Waals surface area (Å²) in [6.07, 6.45) is 3.38. The Labute approximate surface area is 124 Å². The summed E-state index contributed by atoms with van der Waals surface area (Å²) in [6, 6.07) is 2.52. The van der Waals surface area contributed by atoms with Gasteiger partial charge in [0.1, 0.15) is 0 Å². The van der Waals surface area contributed by atoms with E-state index in [9.17, 15) is 14.5 Å². The fourth-order valence-electron chi connectivity index (χ4n) is 2.31. The van der Waals surface area contributed by atoms with Crippen molar-refractivity contribution in [2.24, 2.45) is 0 Å². The van der Waals surface area contributed by atoms with Gasteiger partial charge in [-0.2, -0.15) is 0 Å². The van der Waals surface area contributed by atoms with Gasteiger partial charge in [0.25, 0.3) is 5.69 Å². The molecule has 1 aromatic rings. The molecule has 1 aromatic carbocycles. The Morgan fingerprint density at radius 1 is 1.38 bits per heavy atom. The van der Waals surface area contributed by atoms with Crippen LogP contribution in [0.25, 0.3) is 0 Å². The monoisotopic (exact) mass is 298 g/mol. The van der Waals surface area contributed by atoms with E-state index in [2.05, 4.69) is 19.2 Å². The van der Waals surface area contributed by atoms with Gasteiger partial charge in [-0.1, -0.05) is 20.3 Å². The molecular weight excluding hydrogens is 275 g/mol. The first kappa shape index (κ1) is 17.4. The van der Waals surface area contributed by atoms with Crippen molar-refractivity contribution < 1.29 is 14.1 Å². The van der Waals surface area contributed by atoms with Gasteiger partial charge in [-0.15, -0.1) is 0 Å². The van der Waals surface area contributed by atoms with Crippen molar-refractivity contribution in [3.05, 3.63) is 33.6 Å². The van der Waals surface area contributed by atoms with Gasteiger partial charge in [-0.25, -0.2) is 4.39 Å². The minimum atomic E-state index is -0.707. The number of halogens is 1. The van der Waals surface area contributed by atoms with Gasteiger partial charge >= 0.3 is 0 Å². The van der Waals surface area contributed by atoms with Gasteiger partial charge in [0.15, 0.2) is 11.6 Å². The molecule has 0 bridgehead atoms. The number of ether oxygens (including phenoxy) is 1. The molecule has 0 fully saturated rings. The second-order valence-electron chi connectivity index (χ2n) is 5.02. The summed E-state index contributed by atoms with van der Waals surface area (Å²) in [4.78, 5) is 10.6. The van der Waals surface area contributed by atoms with E-state index >= 15 is 0 Å². The van der Waals surface area contributed by atoms with E-state index in [1.165, 1.54) is 13.2 Å². The molecule has 118 valence electrons. The van der Waals surface area contributed by atoms with Crippen LogP contribution < -0.4 is 10.1 Å². The van der Waals surface area contributed by atoms with Gasteiger partial charge in [-0.05, 0) is 31.9 Å². The highest BCUT2D eigenvalue weighted by Crippen LogP contribution is 2.29. The molecule has 0 saturated heterocycles. The minimum Gasteiger partial charge on any atom is -0.494 e. The summed E-state index contributed by atoms with van der Waals surface area (Å²) in [6.45, 7) is 5.00. The summed E-state index contributed by atoms with van der Waals surface area (Å²) in [7, 11) is 1.35. The van der Waals surface area contributed by atoms with Crippen LogP contribution in [-0.4, -0.2) is 24.6 Å². The molecule has 1 rings (SSSR count). The van der Waals surface area contributed by atoms with Crippen LogP contribution in [0.3, 0.4) is 0 Å². The number of hydrogen-bond donors (Lipinski definition) is 1. The van der Waals surface area contributed by atoms with Gasteiger partial charge in [0.2, 0.25) is 0 Å². The fourth-order valence-corrected chi connectivity index (χ4v) is 2.31. The first-order valence-corrected chi connectivity index (χ1v) is 7.27. The van der Waals surface area contributed by atoms with Gasteiger partial charge in [0, 0.05) is 11.6 Å². The highest BCUT2D eigenvalue weighted by Gasteiger charge is 2.21. The summed E-state index contributed by atoms with van der Waals surface area (Å²) < 4.78 is 18.6. The molecule has 0 heterocycles. The normalized spacial score (nSPS) is 12.2. The molecule has 0 aromatic heterocycles. The van der Waals surface area contributed by atoms with Crippen molar-refractivity contribution in [1.82, 2.24) is 5.32 Å². The summed E-state index contributed by atoms with van der Waals surface area (Å²) in [5, 5.41) is 14.5. The molecule has 1 N–H and O–H groups in total. The zero-order valence-electron chi connectivity index (χ0n) is 12.8. The van der Waals surface area contributed by atoms with Crippen LogP contribution in [-0.2, 0) is 6.42 Å². The average Bonchev–Trinajstić information content (AvgIpc) is 2.46. The highest BCUT2D eigenvalue weighted by atomic mass is 19.1. The minimum absolute atomic E-state index is 0.0429. The topological polar surface area (TPSA) is 64.4 Å². The number of nitrogens with one attached hydrogen (secondary N) is 1. The van der Waals surface area contributed by atoms with Crippen LogP contribution in [0.1, 0.15) is 38.7 Å². The number of nitro benzene ring substituents is 1. The molecule has 0 aliphatic carbocycles. The molecule has 0 aliphatic rings. The quantitative estimate of drug-likeness (QED) is 0.560. The second kappa shape index (κ2) is 8.56. The third kappa shape index (κ3) is 4.97. The highest BCUT2D eigenvalue weighted by molar-refractivity contribution is 5.46. The molecule has 5 nitrogen and oxygen atoms in total. The van der Waals surface area contributed by atoms with E-state index in [4.69, 9.17) is 4.74 Å². The van der Waals surface area contributed by atoms with Crippen molar-refractivity contribution in [2.75, 3.05) is 13.7 Å². The summed E-state index contributed by atoms with van der Waals surface area (Å²) in [5.41, 5.74) is 0.313. The van der Waals surface area contributed by atoms with E-state index in [1.54, 1.807) is 0 Å². The maximum Gasteiger partial charge on any atom is 0.275 e. The van der Waals surface area contributed by atoms with Gasteiger partial charge in [0.05, 0.1) is 18.1 Å². The maximum absolute atomic E-state index is 13.6. The zero-order chi connectivity index (χ0) is 15.8. The number of nitrogens with zero attached hydrogens (tertiary/aromatic N) is 1. The van der Waals surface area contributed by atoms with Crippen molar-refractivity contribution in [1.29, 1.82) is 0 Å². The first-order chi connectivity index (χ1) is 10.0. The number of hydrogen-bond acceptors (Lipinski definition) is 4. The molecule has 0 amide bonds. The lowest BCUT2D eigenvalue weighted by Crippen LogP contribution is -2.31. The van der Waals surface area contributed by atoms with Crippen LogP contribution in [0.15, 0.2) is 12.1 Å². The second-order valence-corrected chi connectivity index (χ2v) is 5.02. The van der Waals surface area contributed by atoms with Gasteiger partial charge < -0.3 is 10.1 Å². The number of nitro groups is 1. The van der Waals surface area contributed by atoms with Crippen molar-refractivity contribution in [3.8, 4) is 5.75 Å². The third-order valence-corrected chi connectivity index (χ3v) is 3.34. The number of methoxy groups -OCH3 is 1. The van der Waals surface area contributed by atoms with Crippen LogP contribution in [0.2, 0.25) is 0 Å². The summed E-state index contributed by atoms with van der Waals surface area (Å²) in [5.74, 6) is -0.664. The molecular formula is C15H23FN2O3. The molecule has 0 saturated carbocycles. The van der Waals surface area contributed by atoms with Crippen LogP contribution >= 0.6 is 0 Å². The maximum atomic E-state index is 13.6. The first-order valence-electron chi connectivity index (χ1n) is 7.27. The molecule has 6 heteroatoms. The number of benzene rings is 1. The van der Waals surface area contributed by atoms with Crippen molar-refractivity contribution >= 4 is 5.69 Å². The predicted molar refractivity (Wildman–Crippen MR) is 80.3 cm³/mol. The summed E-state index contributed by atoms with van der Waals surface area (Å²) >= 11 is 0. The van der Waals surface area contributed by atoms with E-state index < -0.39 is 10.7 Å². The van der Waals surface area contributed by atoms with E-state index in [0.717, 1.165) is 31.9 Å². The van der Waals surface area contributed by atoms with E-state index in [-0.39, 0.29) is 17.5 Å². The Balaban J connectivity index is 3.04. The standard InChI is InChI=1S/C15H23FN2O3/c1-4-6-12(17-7-5-2)8-11-9-15(21-3)13(16)10-14(11)18(19)20/h9-10,12,17H,4-8H2,1-3H3. The molecule has 1 atom stereocenters. The van der Waals surface area contributed by atoms with Crippen LogP contribution in [0.4, 0.5) is 10.1 Å². The Bertz CT molecular complexity index is 480. The molecule has 0 radical (unpaired) electrons. The van der Waals surface area contributed by atoms with Crippen LogP contribution in [0.5, 0.6) is 5.75 Å². The van der Waals surface area contributed by atoms with E-state index in [1.807, 2.05) is 0 Å². The predicted octanol–water partition coefficient (Wildman–Crippen LogP) is 3.45. The van der Waals surface area contributed by atoms with Crippen molar-refractivity contribution in [3.63, 3.8) is 0 Å². The lowest BCUT2D eigenvalue weighted by molar-refractivity contribution is -0.385. The Kier molecular flexibility index (Phi) is 7.08. The zero-order valence-corrected chi connectivity index (χ0v) is 12.8. The van der Waals surface area contributed by atoms with Crippen molar-refractivity contribution in [2.45, 2.75) is 45.6 Å². The smallest absolute Gasteiger partial charge is 0.275 e. The SMILES string of the molecule is CCCNC(CCC)Cc1cc(OC)c(F)cc1[N+](=O)[O-]. The molecule has 21 heavy (non-hydrogen) atoms. The Morgan fingerprint density at radius 3 is 2.62 bits per heavy atom. The molecule has 1 unspecified atom stereocenters. The Hall–Kier alpha value is -1.69. The number of rotatable bonds is 9. The third-order valence-electron chi connectivity index (χ3n) is 3.34. The van der Waals surface area contributed by atoms with E-state index in [0.29, 0.717) is 12.0 Å². The largest absolute Gasteiger partial charge is 0.494 e. The molecule has 0 aliphatic heterocycles. The lowest BCUT2D eigenvalue weighted by Gasteiger charge is -2.18. The van der Waals surface area contributed by atoms with Gasteiger partial charge in [-0.3, -0.25) is 10.1 Å². The average molecular weight is 298 g/mol. The Morgan fingerprint density at radius 2 is 2.10 bits per heavy atom. The molecule has 0 spiro atoms.